The van der Waals surface area contributed by atoms with E-state index >= 15 is 0 Å². The fraction of sp³-hybridized carbons (Fsp3) is 0.389. The van der Waals surface area contributed by atoms with Crippen LogP contribution in [0.25, 0.3) is 6.08 Å². The molecule has 0 aliphatic carbocycles. The normalized spacial score (nSPS) is 20.8. The van der Waals surface area contributed by atoms with Crippen molar-refractivity contribution in [2.75, 3.05) is 6.61 Å². The smallest absolute Gasteiger partial charge is 0.254 e. The Hall–Kier alpha value is -2.67. The van der Waals surface area contributed by atoms with E-state index in [4.69, 9.17) is 5.11 Å². The number of aliphatic hydroxyl groups excluding tert-OH is 1. The lowest BCUT2D eigenvalue weighted by Gasteiger charge is -2.16. The van der Waals surface area contributed by atoms with Crippen LogP contribution in [0.2, 0.25) is 0 Å². The van der Waals surface area contributed by atoms with Gasteiger partial charge in [-0.15, -0.1) is 0 Å². The van der Waals surface area contributed by atoms with Crippen molar-refractivity contribution >= 4 is 23.9 Å². The van der Waals surface area contributed by atoms with E-state index in [9.17, 15) is 4.79 Å². The number of nitrogens with one attached hydrogen (secondary N) is 3. The molecule has 7 heteroatoms. The monoisotopic (exact) mass is 341 g/mol. The molecule has 0 saturated heterocycles. The molecule has 0 spiro atoms. The molecule has 3 heterocycles. The molecule has 132 valence electrons. The van der Waals surface area contributed by atoms with Gasteiger partial charge in [0.1, 0.15) is 5.92 Å². The van der Waals surface area contributed by atoms with Crippen molar-refractivity contribution in [3.8, 4) is 0 Å². The number of H-pyrrole nitrogens is 1. The van der Waals surface area contributed by atoms with Gasteiger partial charge >= 0.3 is 0 Å². The van der Waals surface area contributed by atoms with Crippen LogP contribution in [-0.4, -0.2) is 34.5 Å². The summed E-state index contributed by atoms with van der Waals surface area (Å²) in [6, 6.07) is 0. The SMILES string of the molecule is Cc1[nH]c(C=C2NC=CN=C2C2C=NNC2=O)c(C)c1CCCCO. The molecule has 25 heavy (non-hydrogen) atoms. The maximum Gasteiger partial charge on any atom is 0.254 e. The number of amides is 1. The molecule has 2 aliphatic rings. The summed E-state index contributed by atoms with van der Waals surface area (Å²) in [5.74, 6) is -0.657. The van der Waals surface area contributed by atoms with Gasteiger partial charge in [0.25, 0.3) is 5.91 Å². The van der Waals surface area contributed by atoms with Crippen LogP contribution in [0.1, 0.15) is 35.4 Å². The second-order valence-electron chi connectivity index (χ2n) is 6.21. The zero-order valence-corrected chi connectivity index (χ0v) is 14.5. The molecule has 4 N–H and O–H groups in total. The molecule has 1 amide bonds. The van der Waals surface area contributed by atoms with Crippen LogP contribution in [-0.2, 0) is 11.2 Å². The first kappa shape index (κ1) is 17.2. The third-order valence-corrected chi connectivity index (χ3v) is 4.53. The number of hydrogen-bond acceptors (Lipinski definition) is 5. The second kappa shape index (κ2) is 7.48. The van der Waals surface area contributed by atoms with Gasteiger partial charge in [0.15, 0.2) is 0 Å². The number of rotatable bonds is 6. The standard InChI is InChI=1S/C18H23N5O2/c1-11-13(5-3-4-8-24)12(2)22-15(11)9-16-17(20-7-6-19-16)14-10-21-23-18(14)25/h6-7,9-10,14,19,22,24H,3-5,8H2,1-2H3,(H,23,25). The van der Waals surface area contributed by atoms with Gasteiger partial charge in [-0.2, -0.15) is 5.10 Å². The number of nitrogens with zero attached hydrogens (tertiary/aromatic N) is 2. The van der Waals surface area contributed by atoms with E-state index in [1.165, 1.54) is 11.1 Å². The first-order chi connectivity index (χ1) is 12.1. The van der Waals surface area contributed by atoms with E-state index in [-0.39, 0.29) is 12.5 Å². The van der Waals surface area contributed by atoms with Gasteiger partial charge in [-0.1, -0.05) is 0 Å². The van der Waals surface area contributed by atoms with E-state index in [0.29, 0.717) is 5.71 Å². The number of aliphatic hydroxyl groups is 1. The molecule has 0 fully saturated rings. The number of allylic oxidation sites excluding steroid dienone is 1. The van der Waals surface area contributed by atoms with Crippen molar-refractivity contribution in [2.45, 2.75) is 33.1 Å². The van der Waals surface area contributed by atoms with Crippen LogP contribution in [0.15, 0.2) is 28.2 Å². The molecule has 1 unspecified atom stereocenters. The minimum Gasteiger partial charge on any atom is -0.396 e. The Morgan fingerprint density at radius 2 is 2.16 bits per heavy atom. The van der Waals surface area contributed by atoms with E-state index in [1.54, 1.807) is 18.6 Å². The number of aliphatic imine (C=N–C) groups is 1. The minimum absolute atomic E-state index is 0.175. The maximum absolute atomic E-state index is 11.9. The Morgan fingerprint density at radius 3 is 2.88 bits per heavy atom. The second-order valence-corrected chi connectivity index (χ2v) is 6.21. The van der Waals surface area contributed by atoms with Crippen molar-refractivity contribution in [1.29, 1.82) is 0 Å². The number of aromatic amines is 1. The molecular weight excluding hydrogens is 318 g/mol. The summed E-state index contributed by atoms with van der Waals surface area (Å²) in [7, 11) is 0. The highest BCUT2D eigenvalue weighted by Gasteiger charge is 2.29. The zero-order valence-electron chi connectivity index (χ0n) is 14.5. The Bertz CT molecular complexity index is 786. The summed E-state index contributed by atoms with van der Waals surface area (Å²) in [6.45, 7) is 4.37. The Kier molecular flexibility index (Phi) is 5.14. The highest BCUT2D eigenvalue weighted by atomic mass is 16.2. The van der Waals surface area contributed by atoms with Crippen LogP contribution >= 0.6 is 0 Å². The Labute approximate surface area is 146 Å². The van der Waals surface area contributed by atoms with Gasteiger partial charge < -0.3 is 15.4 Å². The maximum atomic E-state index is 11.9. The molecule has 0 saturated carbocycles. The highest BCUT2D eigenvalue weighted by molar-refractivity contribution is 6.24. The molecule has 1 aromatic rings. The number of aromatic nitrogens is 1. The average molecular weight is 341 g/mol. The Morgan fingerprint density at radius 1 is 1.32 bits per heavy atom. The molecule has 7 nitrogen and oxygen atoms in total. The lowest BCUT2D eigenvalue weighted by molar-refractivity contribution is -0.120. The van der Waals surface area contributed by atoms with Gasteiger partial charge in [0, 0.05) is 36.6 Å². The summed E-state index contributed by atoms with van der Waals surface area (Å²) in [5, 5.41) is 16.0. The number of hydrogen-bond donors (Lipinski definition) is 4. The summed E-state index contributed by atoms with van der Waals surface area (Å²) in [6.07, 6.45) is 9.64. The van der Waals surface area contributed by atoms with Crippen molar-refractivity contribution < 1.29 is 9.90 Å². The fourth-order valence-corrected chi connectivity index (χ4v) is 3.15. The van der Waals surface area contributed by atoms with Crippen LogP contribution in [0.5, 0.6) is 0 Å². The lowest BCUT2D eigenvalue weighted by atomic mass is 9.99. The molecule has 0 radical (unpaired) electrons. The average Bonchev–Trinajstić information content (AvgIpc) is 3.14. The first-order valence-corrected chi connectivity index (χ1v) is 8.45. The van der Waals surface area contributed by atoms with E-state index < -0.39 is 5.92 Å². The van der Waals surface area contributed by atoms with Gasteiger partial charge in [-0.3, -0.25) is 9.79 Å². The zero-order chi connectivity index (χ0) is 17.8. The van der Waals surface area contributed by atoms with Gasteiger partial charge in [-0.05, 0) is 50.3 Å². The van der Waals surface area contributed by atoms with Crippen LogP contribution < -0.4 is 10.7 Å². The minimum atomic E-state index is -0.482. The summed E-state index contributed by atoms with van der Waals surface area (Å²) >= 11 is 0. The first-order valence-electron chi connectivity index (χ1n) is 8.45. The molecule has 2 aliphatic heterocycles. The molecule has 1 aromatic heterocycles. The van der Waals surface area contributed by atoms with E-state index in [0.717, 1.165) is 36.3 Å². The third-order valence-electron chi connectivity index (χ3n) is 4.53. The van der Waals surface area contributed by atoms with E-state index in [2.05, 4.69) is 39.7 Å². The molecule has 0 bridgehead atoms. The number of unbranched alkanes of at least 4 members (excludes halogenated alkanes) is 1. The Balaban J connectivity index is 1.88. The van der Waals surface area contributed by atoms with E-state index in [1.807, 2.05) is 6.08 Å². The number of carbonyl (C=O) groups is 1. The predicted octanol–water partition coefficient (Wildman–Crippen LogP) is 1.53. The number of hydrazone groups is 1. The van der Waals surface area contributed by atoms with Crippen molar-refractivity contribution in [1.82, 2.24) is 15.7 Å². The number of aryl methyl sites for hydroxylation is 1. The van der Waals surface area contributed by atoms with Crippen LogP contribution in [0.4, 0.5) is 0 Å². The largest absolute Gasteiger partial charge is 0.396 e. The fourth-order valence-electron chi connectivity index (χ4n) is 3.15. The van der Waals surface area contributed by atoms with Crippen LogP contribution in [0, 0.1) is 19.8 Å². The van der Waals surface area contributed by atoms with Gasteiger partial charge in [-0.25, -0.2) is 5.43 Å². The van der Waals surface area contributed by atoms with Gasteiger partial charge in [0.2, 0.25) is 0 Å². The van der Waals surface area contributed by atoms with Crippen LogP contribution in [0.3, 0.4) is 0 Å². The molecule has 1 atom stereocenters. The molecule has 3 rings (SSSR count). The van der Waals surface area contributed by atoms with Crippen molar-refractivity contribution in [2.24, 2.45) is 16.0 Å². The summed E-state index contributed by atoms with van der Waals surface area (Å²) < 4.78 is 0. The number of carbonyl (C=O) groups excluding carboxylic acids is 1. The topological polar surface area (TPSA) is 102 Å². The quantitative estimate of drug-likeness (QED) is 0.590. The van der Waals surface area contributed by atoms with Crippen molar-refractivity contribution in [3.05, 3.63) is 40.6 Å². The van der Waals surface area contributed by atoms with Gasteiger partial charge in [0.05, 0.1) is 11.4 Å². The lowest BCUT2D eigenvalue weighted by Crippen LogP contribution is -2.32. The predicted molar refractivity (Wildman–Crippen MR) is 98.1 cm³/mol. The molecular formula is C18H23N5O2. The van der Waals surface area contributed by atoms with Crippen molar-refractivity contribution in [3.63, 3.8) is 0 Å². The highest BCUT2D eigenvalue weighted by Crippen LogP contribution is 2.23. The summed E-state index contributed by atoms with van der Waals surface area (Å²) in [5.41, 5.74) is 8.47. The summed E-state index contributed by atoms with van der Waals surface area (Å²) in [4.78, 5) is 19.7. The third kappa shape index (κ3) is 3.56. The molecule has 0 aromatic carbocycles.